The molecule has 2 rings (SSSR count). The predicted molar refractivity (Wildman–Crippen MR) is 65.6 cm³/mol. The second-order valence-corrected chi connectivity index (χ2v) is 4.59. The van der Waals surface area contributed by atoms with Crippen molar-refractivity contribution in [2.45, 2.75) is 19.4 Å². The molecule has 0 aromatic heterocycles. The molecular formula is C13H17NO4. The highest BCUT2D eigenvalue weighted by Crippen LogP contribution is 2.25. The second-order valence-electron chi connectivity index (χ2n) is 4.59. The first-order chi connectivity index (χ1) is 8.58. The van der Waals surface area contributed by atoms with Gasteiger partial charge in [-0.05, 0) is 31.5 Å². The summed E-state index contributed by atoms with van der Waals surface area (Å²) >= 11 is 0. The summed E-state index contributed by atoms with van der Waals surface area (Å²) in [5, 5.41) is 21.4. The van der Waals surface area contributed by atoms with E-state index in [2.05, 4.69) is 5.32 Å². The Balaban J connectivity index is 2.00. The van der Waals surface area contributed by atoms with Crippen molar-refractivity contribution in [2.24, 2.45) is 5.92 Å². The molecule has 1 aliphatic rings. The van der Waals surface area contributed by atoms with Gasteiger partial charge in [0.1, 0.15) is 0 Å². The molecule has 1 aromatic rings. The molecule has 2 atom stereocenters. The monoisotopic (exact) mass is 251 g/mol. The molecule has 0 aliphatic carbocycles. The van der Waals surface area contributed by atoms with Crippen molar-refractivity contribution in [1.82, 2.24) is 5.32 Å². The van der Waals surface area contributed by atoms with Crippen LogP contribution in [0.15, 0.2) is 18.2 Å². The maximum absolute atomic E-state index is 11.9. The number of phenolic OH excluding ortho intramolecular Hbond substituents is 2. The van der Waals surface area contributed by atoms with Gasteiger partial charge in [0.25, 0.3) is 5.91 Å². The topological polar surface area (TPSA) is 78.8 Å². The number of ether oxygens (including phenoxy) is 1. The fourth-order valence-electron chi connectivity index (χ4n) is 2.02. The van der Waals surface area contributed by atoms with Crippen LogP contribution < -0.4 is 5.32 Å². The zero-order valence-corrected chi connectivity index (χ0v) is 10.2. The van der Waals surface area contributed by atoms with Crippen LogP contribution in [0, 0.1) is 5.92 Å². The molecule has 1 heterocycles. The van der Waals surface area contributed by atoms with Crippen LogP contribution in [0.1, 0.15) is 23.7 Å². The summed E-state index contributed by atoms with van der Waals surface area (Å²) in [6, 6.07) is 4.05. The van der Waals surface area contributed by atoms with E-state index in [0.29, 0.717) is 18.1 Å². The first-order valence-corrected chi connectivity index (χ1v) is 5.98. The van der Waals surface area contributed by atoms with Gasteiger partial charge in [-0.1, -0.05) is 0 Å². The van der Waals surface area contributed by atoms with Gasteiger partial charge in [0.2, 0.25) is 0 Å². The molecule has 0 radical (unpaired) electrons. The zero-order chi connectivity index (χ0) is 13.1. The summed E-state index contributed by atoms with van der Waals surface area (Å²) in [5.41, 5.74) is 0.330. The van der Waals surface area contributed by atoms with Gasteiger partial charge in [-0.2, -0.15) is 0 Å². The summed E-state index contributed by atoms with van der Waals surface area (Å²) in [5.74, 6) is -0.451. The molecule has 5 nitrogen and oxygen atoms in total. The van der Waals surface area contributed by atoms with E-state index in [1.807, 2.05) is 6.92 Å². The lowest BCUT2D eigenvalue weighted by Crippen LogP contribution is -2.38. The standard InChI is InChI=1S/C13H17NO4/c1-8(10-4-5-18-7-10)14-13(17)9-2-3-11(15)12(16)6-9/h2-3,6,8,10,15-16H,4-5,7H2,1H3,(H,14,17). The number of carbonyl (C=O) groups excluding carboxylic acids is 1. The van der Waals surface area contributed by atoms with Gasteiger partial charge in [0, 0.05) is 24.1 Å². The van der Waals surface area contributed by atoms with Gasteiger partial charge in [0.15, 0.2) is 11.5 Å². The summed E-state index contributed by atoms with van der Waals surface area (Å²) in [6.45, 7) is 3.35. The van der Waals surface area contributed by atoms with Crippen molar-refractivity contribution < 1.29 is 19.7 Å². The van der Waals surface area contributed by atoms with Gasteiger partial charge in [-0.25, -0.2) is 0 Å². The highest BCUT2D eigenvalue weighted by atomic mass is 16.5. The second kappa shape index (κ2) is 5.27. The van der Waals surface area contributed by atoms with Gasteiger partial charge in [-0.3, -0.25) is 4.79 Å². The number of rotatable bonds is 3. The van der Waals surface area contributed by atoms with Crippen LogP contribution in [0.3, 0.4) is 0 Å². The Labute approximate surface area is 105 Å². The van der Waals surface area contributed by atoms with E-state index in [1.165, 1.54) is 18.2 Å². The molecular weight excluding hydrogens is 234 g/mol. The van der Waals surface area contributed by atoms with Crippen molar-refractivity contribution in [3.63, 3.8) is 0 Å². The van der Waals surface area contributed by atoms with Gasteiger partial charge in [0.05, 0.1) is 6.61 Å². The Kier molecular flexibility index (Phi) is 3.72. The number of aromatic hydroxyl groups is 2. The van der Waals surface area contributed by atoms with Crippen LogP contribution in [-0.2, 0) is 4.74 Å². The molecule has 1 saturated heterocycles. The number of benzene rings is 1. The smallest absolute Gasteiger partial charge is 0.251 e. The lowest BCUT2D eigenvalue weighted by Gasteiger charge is -2.19. The van der Waals surface area contributed by atoms with Crippen molar-refractivity contribution in [3.8, 4) is 11.5 Å². The minimum Gasteiger partial charge on any atom is -0.504 e. The van der Waals surface area contributed by atoms with Crippen molar-refractivity contribution in [1.29, 1.82) is 0 Å². The number of amides is 1. The van der Waals surface area contributed by atoms with Crippen LogP contribution >= 0.6 is 0 Å². The van der Waals surface area contributed by atoms with E-state index in [1.54, 1.807) is 0 Å². The van der Waals surface area contributed by atoms with Gasteiger partial charge >= 0.3 is 0 Å². The molecule has 1 fully saturated rings. The largest absolute Gasteiger partial charge is 0.504 e. The summed E-state index contributed by atoms with van der Waals surface area (Å²) in [6.07, 6.45) is 0.947. The molecule has 2 unspecified atom stereocenters. The third-order valence-corrected chi connectivity index (χ3v) is 3.27. The van der Waals surface area contributed by atoms with E-state index in [-0.39, 0.29) is 23.4 Å². The lowest BCUT2D eigenvalue weighted by atomic mass is 10.0. The summed E-state index contributed by atoms with van der Waals surface area (Å²) in [4.78, 5) is 11.9. The van der Waals surface area contributed by atoms with Crippen LogP contribution in [-0.4, -0.2) is 35.4 Å². The highest BCUT2D eigenvalue weighted by Gasteiger charge is 2.24. The molecule has 1 aromatic carbocycles. The Morgan fingerprint density at radius 3 is 2.83 bits per heavy atom. The summed E-state index contributed by atoms with van der Waals surface area (Å²) in [7, 11) is 0. The van der Waals surface area contributed by atoms with Gasteiger partial charge < -0.3 is 20.3 Å². The lowest BCUT2D eigenvalue weighted by molar-refractivity contribution is 0.0921. The van der Waals surface area contributed by atoms with E-state index >= 15 is 0 Å². The Morgan fingerprint density at radius 1 is 1.44 bits per heavy atom. The quantitative estimate of drug-likeness (QED) is 0.706. The third-order valence-electron chi connectivity index (χ3n) is 3.27. The first kappa shape index (κ1) is 12.7. The Hall–Kier alpha value is -1.75. The number of carbonyl (C=O) groups is 1. The van der Waals surface area contributed by atoms with E-state index < -0.39 is 0 Å². The molecule has 0 saturated carbocycles. The maximum Gasteiger partial charge on any atom is 0.251 e. The molecule has 1 aliphatic heterocycles. The van der Waals surface area contributed by atoms with Crippen molar-refractivity contribution in [2.75, 3.05) is 13.2 Å². The average molecular weight is 251 g/mol. The minimum absolute atomic E-state index is 0.0240. The van der Waals surface area contributed by atoms with Crippen LogP contribution in [0.2, 0.25) is 0 Å². The highest BCUT2D eigenvalue weighted by molar-refractivity contribution is 5.95. The van der Waals surface area contributed by atoms with Crippen LogP contribution in [0.5, 0.6) is 11.5 Å². The Morgan fingerprint density at radius 2 is 2.22 bits per heavy atom. The zero-order valence-electron chi connectivity index (χ0n) is 10.2. The van der Waals surface area contributed by atoms with E-state index in [0.717, 1.165) is 13.0 Å². The fraction of sp³-hybridized carbons (Fsp3) is 0.462. The maximum atomic E-state index is 11.9. The normalized spacial score (nSPS) is 20.6. The van der Waals surface area contributed by atoms with Crippen LogP contribution in [0.4, 0.5) is 0 Å². The van der Waals surface area contributed by atoms with Crippen LogP contribution in [0.25, 0.3) is 0 Å². The molecule has 0 bridgehead atoms. The van der Waals surface area contributed by atoms with Crippen molar-refractivity contribution in [3.05, 3.63) is 23.8 Å². The number of hydrogen-bond acceptors (Lipinski definition) is 4. The molecule has 0 spiro atoms. The van der Waals surface area contributed by atoms with E-state index in [4.69, 9.17) is 4.74 Å². The number of phenols is 2. The predicted octanol–water partition coefficient (Wildman–Crippen LogP) is 1.25. The molecule has 18 heavy (non-hydrogen) atoms. The Bertz CT molecular complexity index is 441. The average Bonchev–Trinajstić information content (AvgIpc) is 2.86. The van der Waals surface area contributed by atoms with Gasteiger partial charge in [-0.15, -0.1) is 0 Å². The van der Waals surface area contributed by atoms with Crippen molar-refractivity contribution >= 4 is 5.91 Å². The molecule has 98 valence electrons. The molecule has 3 N–H and O–H groups in total. The minimum atomic E-state index is -0.292. The summed E-state index contributed by atoms with van der Waals surface area (Å²) < 4.78 is 5.28. The SMILES string of the molecule is CC(NC(=O)c1ccc(O)c(O)c1)C1CCOC1. The molecule has 1 amide bonds. The molecule has 5 heteroatoms. The first-order valence-electron chi connectivity index (χ1n) is 5.98. The number of nitrogens with one attached hydrogen (secondary N) is 1. The number of hydrogen-bond donors (Lipinski definition) is 3. The third kappa shape index (κ3) is 2.73. The van der Waals surface area contributed by atoms with E-state index in [9.17, 15) is 15.0 Å². The fourth-order valence-corrected chi connectivity index (χ4v) is 2.02.